The zero-order valence-electron chi connectivity index (χ0n) is 14.4. The molecule has 0 aliphatic rings. The SMILES string of the molecule is O=C(COC(=O)/C=C/c1nc2ccccc2s1)Nc1c(Br)cc([N+](=O)[O-])cc1Br. The van der Waals surface area contributed by atoms with Crippen LogP contribution in [-0.2, 0) is 14.3 Å². The number of halogens is 2. The molecule has 3 aromatic rings. The second-order valence-corrected chi connectivity index (χ2v) is 8.32. The van der Waals surface area contributed by atoms with Crippen molar-refractivity contribution in [2.24, 2.45) is 0 Å². The number of amides is 1. The number of nitrogens with zero attached hydrogens (tertiary/aromatic N) is 2. The van der Waals surface area contributed by atoms with E-state index in [9.17, 15) is 19.7 Å². The molecule has 3 rings (SSSR count). The number of nitro groups is 1. The van der Waals surface area contributed by atoms with Crippen molar-refractivity contribution in [3.05, 3.63) is 66.5 Å². The molecule has 1 amide bonds. The number of rotatable bonds is 6. The first-order chi connectivity index (χ1) is 13.8. The van der Waals surface area contributed by atoms with Crippen LogP contribution in [0, 0.1) is 10.1 Å². The molecule has 8 nitrogen and oxygen atoms in total. The van der Waals surface area contributed by atoms with Crippen LogP contribution in [0.1, 0.15) is 5.01 Å². The van der Waals surface area contributed by atoms with E-state index in [1.807, 2.05) is 24.3 Å². The Labute approximate surface area is 185 Å². The van der Waals surface area contributed by atoms with E-state index < -0.39 is 23.4 Å². The molecule has 0 fully saturated rings. The average molecular weight is 541 g/mol. The number of carbonyl (C=O) groups excluding carboxylic acids is 2. The van der Waals surface area contributed by atoms with Gasteiger partial charge in [0.15, 0.2) is 6.61 Å². The summed E-state index contributed by atoms with van der Waals surface area (Å²) in [5, 5.41) is 14.0. The van der Waals surface area contributed by atoms with E-state index in [0.29, 0.717) is 19.6 Å². The lowest BCUT2D eigenvalue weighted by Crippen LogP contribution is -2.20. The molecule has 29 heavy (non-hydrogen) atoms. The van der Waals surface area contributed by atoms with Crippen LogP contribution in [0.25, 0.3) is 16.3 Å². The summed E-state index contributed by atoms with van der Waals surface area (Å²) in [6, 6.07) is 10.1. The van der Waals surface area contributed by atoms with Gasteiger partial charge < -0.3 is 10.1 Å². The van der Waals surface area contributed by atoms with Crippen LogP contribution in [0.5, 0.6) is 0 Å². The first kappa shape index (κ1) is 21.1. The third-order valence-corrected chi connectivity index (χ3v) is 5.77. The van der Waals surface area contributed by atoms with Gasteiger partial charge in [-0.25, -0.2) is 9.78 Å². The van der Waals surface area contributed by atoms with Crippen LogP contribution in [0.15, 0.2) is 51.4 Å². The molecular weight excluding hydrogens is 530 g/mol. The number of aromatic nitrogens is 1. The fraction of sp³-hybridized carbons (Fsp3) is 0.0556. The first-order valence-electron chi connectivity index (χ1n) is 7.97. The molecule has 1 aromatic heterocycles. The number of nitro benzene ring substituents is 1. The Kier molecular flexibility index (Phi) is 6.72. The minimum atomic E-state index is -0.693. The topological polar surface area (TPSA) is 111 Å². The molecule has 2 aromatic carbocycles. The van der Waals surface area contributed by atoms with Crippen LogP contribution in [0.3, 0.4) is 0 Å². The number of non-ortho nitro benzene ring substituents is 1. The van der Waals surface area contributed by atoms with E-state index in [1.165, 1.54) is 35.6 Å². The van der Waals surface area contributed by atoms with Crippen molar-refractivity contribution >= 4 is 82.7 Å². The van der Waals surface area contributed by atoms with Gasteiger partial charge in [-0.15, -0.1) is 11.3 Å². The van der Waals surface area contributed by atoms with E-state index >= 15 is 0 Å². The normalized spacial score (nSPS) is 11.0. The largest absolute Gasteiger partial charge is 0.452 e. The summed E-state index contributed by atoms with van der Waals surface area (Å²) in [6.45, 7) is -0.515. The number of carbonyl (C=O) groups is 2. The highest BCUT2D eigenvalue weighted by Gasteiger charge is 2.16. The molecule has 0 spiro atoms. The van der Waals surface area contributed by atoms with Crippen molar-refractivity contribution in [1.29, 1.82) is 0 Å². The number of benzene rings is 2. The van der Waals surface area contributed by atoms with Gasteiger partial charge in [0.25, 0.3) is 11.6 Å². The molecule has 0 saturated carbocycles. The quantitative estimate of drug-likeness (QED) is 0.205. The number of fused-ring (bicyclic) bond motifs is 1. The molecule has 0 radical (unpaired) electrons. The number of thiazole rings is 1. The number of esters is 1. The van der Waals surface area contributed by atoms with Crippen LogP contribution in [0.2, 0.25) is 0 Å². The van der Waals surface area contributed by atoms with Crippen LogP contribution in [-0.4, -0.2) is 28.4 Å². The molecule has 0 saturated heterocycles. The van der Waals surface area contributed by atoms with E-state index in [4.69, 9.17) is 4.74 Å². The fourth-order valence-corrected chi connectivity index (χ4v) is 4.48. The van der Waals surface area contributed by atoms with Crippen molar-refractivity contribution in [1.82, 2.24) is 4.98 Å². The summed E-state index contributed by atoms with van der Waals surface area (Å²) in [7, 11) is 0. The molecule has 1 N–H and O–H groups in total. The smallest absolute Gasteiger partial charge is 0.331 e. The number of hydrogen-bond donors (Lipinski definition) is 1. The predicted molar refractivity (Wildman–Crippen MR) is 117 cm³/mol. The van der Waals surface area contributed by atoms with Gasteiger partial charge in [0, 0.05) is 27.2 Å². The molecule has 1 heterocycles. The summed E-state index contributed by atoms with van der Waals surface area (Å²) in [4.78, 5) is 38.5. The molecule has 0 bridgehead atoms. The van der Waals surface area contributed by atoms with Gasteiger partial charge >= 0.3 is 5.97 Å². The predicted octanol–water partition coefficient (Wildman–Crippen LogP) is 4.92. The van der Waals surface area contributed by atoms with Crippen LogP contribution < -0.4 is 5.32 Å². The molecule has 148 valence electrons. The number of nitrogens with one attached hydrogen (secondary N) is 1. The van der Waals surface area contributed by atoms with Gasteiger partial charge in [0.2, 0.25) is 0 Å². The summed E-state index contributed by atoms with van der Waals surface area (Å²) < 4.78 is 6.54. The van der Waals surface area contributed by atoms with Crippen molar-refractivity contribution in [3.63, 3.8) is 0 Å². The Morgan fingerprint density at radius 3 is 2.59 bits per heavy atom. The number of anilines is 1. The Bertz CT molecular complexity index is 1090. The molecule has 11 heteroatoms. The Morgan fingerprint density at radius 1 is 1.24 bits per heavy atom. The van der Waals surface area contributed by atoms with E-state index in [2.05, 4.69) is 42.2 Å². The summed E-state index contributed by atoms with van der Waals surface area (Å²) in [5.74, 6) is -1.29. The van der Waals surface area contributed by atoms with E-state index in [-0.39, 0.29) is 5.69 Å². The minimum absolute atomic E-state index is 0.145. The Morgan fingerprint density at radius 2 is 1.93 bits per heavy atom. The third-order valence-electron chi connectivity index (χ3n) is 3.52. The van der Waals surface area contributed by atoms with Gasteiger partial charge in [-0.2, -0.15) is 0 Å². The lowest BCUT2D eigenvalue weighted by molar-refractivity contribution is -0.385. The summed E-state index contributed by atoms with van der Waals surface area (Å²) in [5.41, 5.74) is 0.985. The van der Waals surface area contributed by atoms with Gasteiger partial charge in [0.05, 0.1) is 20.8 Å². The Balaban J connectivity index is 1.56. The maximum atomic E-state index is 12.0. The zero-order chi connectivity index (χ0) is 21.0. The second kappa shape index (κ2) is 9.25. The van der Waals surface area contributed by atoms with Crippen molar-refractivity contribution in [2.75, 3.05) is 11.9 Å². The molecule has 0 atom stereocenters. The van der Waals surface area contributed by atoms with Gasteiger partial charge in [0.1, 0.15) is 5.01 Å². The van der Waals surface area contributed by atoms with Crippen molar-refractivity contribution < 1.29 is 19.2 Å². The second-order valence-electron chi connectivity index (χ2n) is 5.55. The average Bonchev–Trinajstić information content (AvgIpc) is 3.10. The van der Waals surface area contributed by atoms with Gasteiger partial charge in [-0.3, -0.25) is 14.9 Å². The minimum Gasteiger partial charge on any atom is -0.452 e. The highest BCUT2D eigenvalue weighted by molar-refractivity contribution is 9.11. The molecule has 0 aliphatic heterocycles. The monoisotopic (exact) mass is 539 g/mol. The standard InChI is InChI=1S/C18H11Br2N3O5S/c19-11-7-10(23(26)27)8-12(20)18(11)22-15(24)9-28-17(25)6-5-16-21-13-3-1-2-4-14(13)29-16/h1-8H,9H2,(H,22,24)/b6-5+. The number of ether oxygens (including phenoxy) is 1. The maximum absolute atomic E-state index is 12.0. The van der Waals surface area contributed by atoms with Crippen LogP contribution >= 0.6 is 43.2 Å². The van der Waals surface area contributed by atoms with Crippen molar-refractivity contribution in [3.8, 4) is 0 Å². The highest BCUT2D eigenvalue weighted by Crippen LogP contribution is 2.35. The van der Waals surface area contributed by atoms with E-state index in [0.717, 1.165) is 10.2 Å². The van der Waals surface area contributed by atoms with E-state index in [1.54, 1.807) is 0 Å². The third kappa shape index (κ3) is 5.46. The van der Waals surface area contributed by atoms with Crippen LogP contribution in [0.4, 0.5) is 11.4 Å². The lowest BCUT2D eigenvalue weighted by atomic mass is 10.3. The zero-order valence-corrected chi connectivity index (χ0v) is 18.4. The molecular formula is C18H11Br2N3O5S. The highest BCUT2D eigenvalue weighted by atomic mass is 79.9. The fourth-order valence-electron chi connectivity index (χ4n) is 2.25. The van der Waals surface area contributed by atoms with Gasteiger partial charge in [-0.1, -0.05) is 12.1 Å². The Hall–Kier alpha value is -2.63. The molecule has 0 aliphatic carbocycles. The molecule has 0 unspecified atom stereocenters. The lowest BCUT2D eigenvalue weighted by Gasteiger charge is -2.09. The van der Waals surface area contributed by atoms with Gasteiger partial charge in [-0.05, 0) is 50.1 Å². The maximum Gasteiger partial charge on any atom is 0.331 e. The summed E-state index contributed by atoms with van der Waals surface area (Å²) >= 11 is 7.76. The number of hydrogen-bond acceptors (Lipinski definition) is 7. The first-order valence-corrected chi connectivity index (χ1v) is 10.4. The number of para-hydroxylation sites is 1. The van der Waals surface area contributed by atoms with Crippen molar-refractivity contribution in [2.45, 2.75) is 0 Å². The summed E-state index contributed by atoms with van der Waals surface area (Å²) in [6.07, 6.45) is 2.72.